The fourth-order valence-electron chi connectivity index (χ4n) is 6.12. The van der Waals surface area contributed by atoms with Crippen LogP contribution in [0.5, 0.6) is 11.5 Å². The lowest BCUT2D eigenvalue weighted by molar-refractivity contribution is -0.138. The molecule has 0 amide bonds. The lowest BCUT2D eigenvalue weighted by atomic mass is 9.90. The zero-order chi connectivity index (χ0) is 31.4. The van der Waals surface area contributed by atoms with Gasteiger partial charge in [0.15, 0.2) is 0 Å². The molecule has 0 fully saturated rings. The number of nitrogens with zero attached hydrogens (tertiary/aromatic N) is 2. The summed E-state index contributed by atoms with van der Waals surface area (Å²) in [5.74, 6) is -1.38. The number of rotatable bonds is 8. The molecule has 6 rings (SSSR count). The maximum atomic E-state index is 15.4. The highest BCUT2D eigenvalue weighted by molar-refractivity contribution is 5.77. The largest absolute Gasteiger partial charge is 0.492 e. The van der Waals surface area contributed by atoms with Crippen LogP contribution in [0.2, 0.25) is 0 Å². The number of carboxylic acid groups (broad SMARTS) is 1. The summed E-state index contributed by atoms with van der Waals surface area (Å²) in [6.07, 6.45) is -1.85. The van der Waals surface area contributed by atoms with Crippen LogP contribution < -0.4 is 9.47 Å². The van der Waals surface area contributed by atoms with Crippen molar-refractivity contribution in [2.75, 3.05) is 6.61 Å². The first-order chi connectivity index (χ1) is 20.8. The molecule has 7 nitrogen and oxygen atoms in total. The quantitative estimate of drug-likeness (QED) is 0.206. The second kappa shape index (κ2) is 11.0. The van der Waals surface area contributed by atoms with Gasteiger partial charge in [0.05, 0.1) is 36.9 Å². The molecule has 1 aliphatic heterocycles. The number of carbonyl (C=O) groups is 1. The van der Waals surface area contributed by atoms with E-state index < -0.39 is 35.2 Å². The zero-order valence-corrected chi connectivity index (χ0v) is 24.0. The maximum absolute atomic E-state index is 15.4. The molecular formula is C33H30F4N2O5. The van der Waals surface area contributed by atoms with Crippen LogP contribution in [0.15, 0.2) is 60.9 Å². The molecule has 1 unspecified atom stereocenters. The molecule has 0 saturated carbocycles. The average molecular weight is 611 g/mol. The number of aliphatic hydroxyl groups is 1. The number of carboxylic acids is 1. The molecular weight excluding hydrogens is 580 g/mol. The van der Waals surface area contributed by atoms with Gasteiger partial charge in [-0.25, -0.2) is 4.39 Å². The topological polar surface area (TPSA) is 93.8 Å². The number of benzene rings is 3. The minimum Gasteiger partial charge on any atom is -0.492 e. The Morgan fingerprint density at radius 1 is 1.09 bits per heavy atom. The molecule has 4 aromatic rings. The number of fused-ring (bicyclic) bond motifs is 2. The number of hydrogen-bond donors (Lipinski definition) is 2. The van der Waals surface area contributed by atoms with Crippen LogP contribution in [0.4, 0.5) is 17.6 Å². The molecule has 2 N–H and O–H groups in total. The van der Waals surface area contributed by atoms with Gasteiger partial charge in [-0.1, -0.05) is 30.3 Å². The molecule has 0 bridgehead atoms. The van der Waals surface area contributed by atoms with Crippen molar-refractivity contribution in [1.29, 1.82) is 0 Å². The fourth-order valence-corrected chi connectivity index (χ4v) is 6.12. The van der Waals surface area contributed by atoms with Crippen molar-refractivity contribution < 1.29 is 42.0 Å². The highest BCUT2D eigenvalue weighted by atomic mass is 19.4. The van der Waals surface area contributed by atoms with Gasteiger partial charge < -0.3 is 19.7 Å². The molecule has 44 heavy (non-hydrogen) atoms. The van der Waals surface area contributed by atoms with Gasteiger partial charge in [0.1, 0.15) is 23.4 Å². The first kappa shape index (κ1) is 29.7. The molecule has 0 saturated heterocycles. The summed E-state index contributed by atoms with van der Waals surface area (Å²) >= 11 is 0. The molecule has 230 valence electrons. The highest BCUT2D eigenvalue weighted by Crippen LogP contribution is 2.48. The lowest BCUT2D eigenvalue weighted by Crippen LogP contribution is -2.26. The van der Waals surface area contributed by atoms with Crippen LogP contribution in [0.3, 0.4) is 0 Å². The minimum absolute atomic E-state index is 0.0712. The number of aromatic nitrogens is 2. The number of alkyl halides is 3. The van der Waals surface area contributed by atoms with Gasteiger partial charge in [-0.3, -0.25) is 9.48 Å². The Morgan fingerprint density at radius 3 is 2.50 bits per heavy atom. The molecule has 1 aliphatic carbocycles. The van der Waals surface area contributed by atoms with Crippen LogP contribution in [-0.2, 0) is 23.9 Å². The van der Waals surface area contributed by atoms with E-state index in [1.807, 2.05) is 0 Å². The van der Waals surface area contributed by atoms with Crippen molar-refractivity contribution in [2.45, 2.75) is 63.5 Å². The monoisotopic (exact) mass is 610 g/mol. The van der Waals surface area contributed by atoms with E-state index in [-0.39, 0.29) is 55.0 Å². The summed E-state index contributed by atoms with van der Waals surface area (Å²) < 4.78 is 71.6. The molecule has 2 aliphatic rings. The molecule has 1 aromatic heterocycles. The van der Waals surface area contributed by atoms with Crippen LogP contribution in [-0.4, -0.2) is 38.2 Å². The molecule has 2 heterocycles. The Kier molecular flexibility index (Phi) is 7.39. The van der Waals surface area contributed by atoms with Crippen molar-refractivity contribution >= 4 is 5.97 Å². The van der Waals surface area contributed by atoms with Gasteiger partial charge in [0.25, 0.3) is 0 Å². The second-order valence-corrected chi connectivity index (χ2v) is 11.9. The van der Waals surface area contributed by atoms with Gasteiger partial charge in [-0.2, -0.15) is 18.3 Å². The third-order valence-corrected chi connectivity index (χ3v) is 7.96. The Hall–Kier alpha value is -4.38. The zero-order valence-electron chi connectivity index (χ0n) is 24.0. The van der Waals surface area contributed by atoms with Crippen molar-refractivity contribution in [3.63, 3.8) is 0 Å². The number of halogens is 4. The number of aliphatic carboxylic acids is 1. The summed E-state index contributed by atoms with van der Waals surface area (Å²) in [5.41, 5.74) is 0.775. The predicted molar refractivity (Wildman–Crippen MR) is 153 cm³/mol. The standard InChI is InChI=1S/C33H30F4N2O5/c1-32(2,42)17-39-15-21(14-38-39)18-3-5-19(6-4-18)30-24-9-10-27(31(24)26(34)13-25(30)33(35,36)37)44-22-7-8-23-20(11-29(40)41)16-43-28(23)12-22/h3-8,12-15,20,27,42H,9-11,16-17H2,1-2H3,(H,40,41)/t20?,27-/m1/s1. The Balaban J connectivity index is 1.31. The van der Waals surface area contributed by atoms with E-state index in [1.165, 1.54) is 0 Å². The minimum atomic E-state index is -4.79. The first-order valence-corrected chi connectivity index (χ1v) is 14.2. The molecule has 2 atom stereocenters. The fraction of sp³-hybridized carbons (Fsp3) is 0.333. The third-order valence-electron chi connectivity index (χ3n) is 7.96. The summed E-state index contributed by atoms with van der Waals surface area (Å²) in [7, 11) is 0. The van der Waals surface area contributed by atoms with Gasteiger partial charge >= 0.3 is 12.1 Å². The van der Waals surface area contributed by atoms with E-state index in [4.69, 9.17) is 14.6 Å². The van der Waals surface area contributed by atoms with Crippen molar-refractivity contribution in [2.24, 2.45) is 0 Å². The Bertz CT molecular complexity index is 1720. The van der Waals surface area contributed by atoms with E-state index in [1.54, 1.807) is 73.4 Å². The van der Waals surface area contributed by atoms with E-state index in [9.17, 15) is 23.1 Å². The first-order valence-electron chi connectivity index (χ1n) is 14.2. The van der Waals surface area contributed by atoms with Gasteiger partial charge in [-0.05, 0) is 61.1 Å². The Morgan fingerprint density at radius 2 is 1.82 bits per heavy atom. The van der Waals surface area contributed by atoms with Crippen LogP contribution in [0, 0.1) is 5.82 Å². The molecule has 0 radical (unpaired) electrons. The summed E-state index contributed by atoms with van der Waals surface area (Å²) in [6, 6.07) is 12.1. The van der Waals surface area contributed by atoms with Crippen molar-refractivity contribution in [3.05, 3.63) is 89.0 Å². The summed E-state index contributed by atoms with van der Waals surface area (Å²) in [4.78, 5) is 11.2. The predicted octanol–water partition coefficient (Wildman–Crippen LogP) is 7.16. The van der Waals surface area contributed by atoms with Gasteiger partial charge in [-0.15, -0.1) is 0 Å². The van der Waals surface area contributed by atoms with Crippen LogP contribution >= 0.6 is 0 Å². The SMILES string of the molecule is CC(C)(O)Cn1cc(-c2ccc(-c3c(C(F)(F)F)cc(F)c4c3CC[C@H]4Oc3ccc4c(c3)OCC4CC(=O)O)cc2)cn1. The maximum Gasteiger partial charge on any atom is 0.417 e. The lowest BCUT2D eigenvalue weighted by Gasteiger charge is -2.21. The highest BCUT2D eigenvalue weighted by Gasteiger charge is 2.40. The molecule has 3 aromatic carbocycles. The van der Waals surface area contributed by atoms with E-state index >= 15 is 4.39 Å². The average Bonchev–Trinajstić information content (AvgIpc) is 3.67. The number of hydrogen-bond acceptors (Lipinski definition) is 5. The molecule has 0 spiro atoms. The molecule has 11 heteroatoms. The van der Waals surface area contributed by atoms with Crippen LogP contribution in [0.25, 0.3) is 22.3 Å². The van der Waals surface area contributed by atoms with Crippen molar-refractivity contribution in [1.82, 2.24) is 9.78 Å². The summed E-state index contributed by atoms with van der Waals surface area (Å²) in [6.45, 7) is 3.82. The van der Waals surface area contributed by atoms with Gasteiger partial charge in [0.2, 0.25) is 0 Å². The summed E-state index contributed by atoms with van der Waals surface area (Å²) in [5, 5.41) is 23.5. The van der Waals surface area contributed by atoms with Crippen molar-refractivity contribution in [3.8, 4) is 33.8 Å². The third kappa shape index (κ3) is 5.88. The van der Waals surface area contributed by atoms with E-state index in [0.717, 1.165) is 16.7 Å². The van der Waals surface area contributed by atoms with Crippen LogP contribution in [0.1, 0.15) is 61.0 Å². The number of ether oxygens (including phenoxy) is 2. The Labute approximate surface area is 250 Å². The van der Waals surface area contributed by atoms with Gasteiger partial charge in [0, 0.05) is 34.9 Å². The smallest absolute Gasteiger partial charge is 0.417 e. The normalized spacial score (nSPS) is 17.7. The second-order valence-electron chi connectivity index (χ2n) is 11.9. The van der Waals surface area contributed by atoms with E-state index in [0.29, 0.717) is 23.1 Å². The van der Waals surface area contributed by atoms with E-state index in [2.05, 4.69) is 5.10 Å².